The van der Waals surface area contributed by atoms with Crippen LogP contribution in [0.25, 0.3) is 0 Å². The zero-order valence-corrected chi connectivity index (χ0v) is 10.4. The second kappa shape index (κ2) is 5.75. The van der Waals surface area contributed by atoms with Crippen molar-refractivity contribution in [3.05, 3.63) is 59.1 Å². The van der Waals surface area contributed by atoms with Crippen molar-refractivity contribution in [2.75, 3.05) is 7.05 Å². The summed E-state index contributed by atoms with van der Waals surface area (Å²) in [5.41, 5.74) is 2.19. The SMILES string of the molecule is CNC(Cc1ccccc1Cl)c1cncnc1. The van der Waals surface area contributed by atoms with Crippen LogP contribution in [0.15, 0.2) is 43.0 Å². The minimum Gasteiger partial charge on any atom is -0.313 e. The molecular formula is C13H14ClN3. The number of hydrogen-bond donors (Lipinski definition) is 1. The molecule has 88 valence electrons. The molecule has 0 bridgehead atoms. The molecule has 4 heteroatoms. The van der Waals surface area contributed by atoms with E-state index in [4.69, 9.17) is 11.6 Å². The van der Waals surface area contributed by atoms with E-state index in [2.05, 4.69) is 15.3 Å². The van der Waals surface area contributed by atoms with Gasteiger partial charge in [0.25, 0.3) is 0 Å². The lowest BCUT2D eigenvalue weighted by Crippen LogP contribution is -2.19. The van der Waals surface area contributed by atoms with Crippen LogP contribution in [0.5, 0.6) is 0 Å². The van der Waals surface area contributed by atoms with E-state index >= 15 is 0 Å². The van der Waals surface area contributed by atoms with Gasteiger partial charge in [-0.05, 0) is 25.1 Å². The Labute approximate surface area is 106 Å². The Morgan fingerprint density at radius 2 is 1.94 bits per heavy atom. The van der Waals surface area contributed by atoms with Crippen LogP contribution in [-0.4, -0.2) is 17.0 Å². The highest BCUT2D eigenvalue weighted by Gasteiger charge is 2.12. The van der Waals surface area contributed by atoms with Crippen molar-refractivity contribution in [1.82, 2.24) is 15.3 Å². The van der Waals surface area contributed by atoms with Gasteiger partial charge in [-0.1, -0.05) is 29.8 Å². The molecule has 0 spiro atoms. The van der Waals surface area contributed by atoms with Crippen molar-refractivity contribution in [1.29, 1.82) is 0 Å². The number of likely N-dealkylation sites (N-methyl/N-ethyl adjacent to an activating group) is 1. The van der Waals surface area contributed by atoms with Gasteiger partial charge in [-0.2, -0.15) is 0 Å². The highest BCUT2D eigenvalue weighted by atomic mass is 35.5. The van der Waals surface area contributed by atoms with Crippen molar-refractivity contribution < 1.29 is 0 Å². The third-order valence-corrected chi connectivity index (χ3v) is 3.08. The van der Waals surface area contributed by atoms with Crippen LogP contribution in [0, 0.1) is 0 Å². The fourth-order valence-electron chi connectivity index (χ4n) is 1.76. The number of halogens is 1. The summed E-state index contributed by atoms with van der Waals surface area (Å²) in [6, 6.07) is 8.05. The Morgan fingerprint density at radius 3 is 2.59 bits per heavy atom. The maximum absolute atomic E-state index is 6.15. The summed E-state index contributed by atoms with van der Waals surface area (Å²) in [6.45, 7) is 0. The fourth-order valence-corrected chi connectivity index (χ4v) is 1.97. The van der Waals surface area contributed by atoms with Crippen molar-refractivity contribution >= 4 is 11.6 Å². The Morgan fingerprint density at radius 1 is 1.24 bits per heavy atom. The van der Waals surface area contributed by atoms with E-state index in [1.54, 1.807) is 0 Å². The summed E-state index contributed by atoms with van der Waals surface area (Å²) in [6.07, 6.45) is 6.01. The minimum absolute atomic E-state index is 0.177. The summed E-state index contributed by atoms with van der Waals surface area (Å²) >= 11 is 6.15. The number of nitrogens with one attached hydrogen (secondary N) is 1. The molecule has 2 aromatic rings. The molecule has 0 saturated heterocycles. The van der Waals surface area contributed by atoms with Crippen LogP contribution in [0.1, 0.15) is 17.2 Å². The van der Waals surface area contributed by atoms with Gasteiger partial charge in [-0.3, -0.25) is 0 Å². The average Bonchev–Trinajstić information content (AvgIpc) is 2.39. The zero-order valence-electron chi connectivity index (χ0n) is 9.60. The lowest BCUT2D eigenvalue weighted by atomic mass is 10.0. The Bertz CT molecular complexity index is 473. The Kier molecular flexibility index (Phi) is 4.07. The van der Waals surface area contributed by atoms with E-state index in [1.165, 1.54) is 6.33 Å². The number of aromatic nitrogens is 2. The summed E-state index contributed by atoms with van der Waals surface area (Å²) in [7, 11) is 1.93. The Hall–Kier alpha value is -1.45. The third-order valence-electron chi connectivity index (χ3n) is 2.71. The molecule has 1 N–H and O–H groups in total. The molecule has 0 aliphatic heterocycles. The van der Waals surface area contributed by atoms with Crippen LogP contribution < -0.4 is 5.32 Å². The molecule has 0 aliphatic carbocycles. The number of nitrogens with zero attached hydrogens (tertiary/aromatic N) is 2. The molecule has 3 nitrogen and oxygen atoms in total. The van der Waals surface area contributed by atoms with Gasteiger partial charge in [0.2, 0.25) is 0 Å². The Balaban J connectivity index is 2.19. The first kappa shape index (κ1) is 12.0. The third kappa shape index (κ3) is 3.02. The molecule has 0 fully saturated rings. The molecular weight excluding hydrogens is 234 g/mol. The highest BCUT2D eigenvalue weighted by molar-refractivity contribution is 6.31. The lowest BCUT2D eigenvalue weighted by molar-refractivity contribution is 0.587. The van der Waals surface area contributed by atoms with Crippen molar-refractivity contribution in [3.63, 3.8) is 0 Å². The molecule has 1 aromatic carbocycles. The summed E-state index contributed by atoms with van der Waals surface area (Å²) in [5.74, 6) is 0. The quantitative estimate of drug-likeness (QED) is 0.903. The molecule has 0 saturated carbocycles. The first-order chi connectivity index (χ1) is 8.31. The lowest BCUT2D eigenvalue weighted by Gasteiger charge is -2.16. The first-order valence-electron chi connectivity index (χ1n) is 5.47. The number of rotatable bonds is 4. The highest BCUT2D eigenvalue weighted by Crippen LogP contribution is 2.22. The van der Waals surface area contributed by atoms with Crippen LogP contribution in [0.3, 0.4) is 0 Å². The number of benzene rings is 1. The maximum atomic E-state index is 6.15. The molecule has 1 heterocycles. The molecule has 0 radical (unpaired) electrons. The average molecular weight is 248 g/mol. The van der Waals surface area contributed by atoms with Gasteiger partial charge in [0.15, 0.2) is 0 Å². The molecule has 1 unspecified atom stereocenters. The van der Waals surface area contributed by atoms with E-state index in [0.29, 0.717) is 0 Å². The van der Waals surface area contributed by atoms with Gasteiger partial charge >= 0.3 is 0 Å². The molecule has 1 atom stereocenters. The number of hydrogen-bond acceptors (Lipinski definition) is 3. The fraction of sp³-hybridized carbons (Fsp3) is 0.231. The topological polar surface area (TPSA) is 37.8 Å². The standard InChI is InChI=1S/C13H14ClN3/c1-15-13(11-7-16-9-17-8-11)6-10-4-2-3-5-12(10)14/h2-5,7-9,13,15H,6H2,1H3. The maximum Gasteiger partial charge on any atom is 0.115 e. The zero-order chi connectivity index (χ0) is 12.1. The van der Waals surface area contributed by atoms with Crippen LogP contribution >= 0.6 is 11.6 Å². The largest absolute Gasteiger partial charge is 0.313 e. The van der Waals surface area contributed by atoms with E-state index in [-0.39, 0.29) is 6.04 Å². The van der Waals surface area contributed by atoms with E-state index in [1.807, 2.05) is 43.7 Å². The van der Waals surface area contributed by atoms with Gasteiger partial charge in [-0.15, -0.1) is 0 Å². The van der Waals surface area contributed by atoms with Crippen molar-refractivity contribution in [3.8, 4) is 0 Å². The van der Waals surface area contributed by atoms with Gasteiger partial charge < -0.3 is 5.32 Å². The monoisotopic (exact) mass is 247 g/mol. The first-order valence-corrected chi connectivity index (χ1v) is 5.84. The predicted octanol–water partition coefficient (Wildman–Crippen LogP) is 2.63. The van der Waals surface area contributed by atoms with Gasteiger partial charge in [-0.25, -0.2) is 9.97 Å². The summed E-state index contributed by atoms with van der Waals surface area (Å²) < 4.78 is 0. The second-order valence-electron chi connectivity index (χ2n) is 3.81. The molecule has 1 aromatic heterocycles. The predicted molar refractivity (Wildman–Crippen MR) is 69.0 cm³/mol. The molecule has 0 aliphatic rings. The van der Waals surface area contributed by atoms with E-state index in [9.17, 15) is 0 Å². The smallest absolute Gasteiger partial charge is 0.115 e. The molecule has 2 rings (SSSR count). The molecule has 17 heavy (non-hydrogen) atoms. The van der Waals surface area contributed by atoms with Gasteiger partial charge in [0.05, 0.1) is 0 Å². The normalized spacial score (nSPS) is 12.4. The van der Waals surface area contributed by atoms with Crippen LogP contribution in [-0.2, 0) is 6.42 Å². The second-order valence-corrected chi connectivity index (χ2v) is 4.22. The van der Waals surface area contributed by atoms with Gasteiger partial charge in [0, 0.05) is 29.0 Å². The van der Waals surface area contributed by atoms with Crippen LogP contribution in [0.2, 0.25) is 5.02 Å². The molecule has 0 amide bonds. The van der Waals surface area contributed by atoms with Crippen molar-refractivity contribution in [2.45, 2.75) is 12.5 Å². The summed E-state index contributed by atoms with van der Waals surface area (Å²) in [4.78, 5) is 8.07. The van der Waals surface area contributed by atoms with Crippen LogP contribution in [0.4, 0.5) is 0 Å². The minimum atomic E-state index is 0.177. The van der Waals surface area contributed by atoms with Gasteiger partial charge in [0.1, 0.15) is 6.33 Å². The van der Waals surface area contributed by atoms with E-state index < -0.39 is 0 Å². The van der Waals surface area contributed by atoms with Crippen molar-refractivity contribution in [2.24, 2.45) is 0 Å². The van der Waals surface area contributed by atoms with E-state index in [0.717, 1.165) is 22.6 Å². The summed E-state index contributed by atoms with van der Waals surface area (Å²) in [5, 5.41) is 4.05.